The molecule has 1 heterocycles. The molecule has 2 N–H and O–H groups in total. The Morgan fingerprint density at radius 3 is 2.88 bits per heavy atom. The summed E-state index contributed by atoms with van der Waals surface area (Å²) in [6.07, 6.45) is 8.40. The quantitative estimate of drug-likeness (QED) is 0.743. The highest BCUT2D eigenvalue weighted by atomic mass is 16.5. The third-order valence-electron chi connectivity index (χ3n) is 5.32. The molecule has 2 atom stereocenters. The lowest BCUT2D eigenvalue weighted by molar-refractivity contribution is -0.149. The van der Waals surface area contributed by atoms with E-state index in [2.05, 4.69) is 23.3 Å². The lowest BCUT2D eigenvalue weighted by Gasteiger charge is -2.29. The molecule has 2 aromatic rings. The van der Waals surface area contributed by atoms with Crippen molar-refractivity contribution in [2.24, 2.45) is 5.92 Å². The van der Waals surface area contributed by atoms with Crippen LogP contribution in [0.3, 0.4) is 0 Å². The van der Waals surface area contributed by atoms with Crippen molar-refractivity contribution >= 4 is 22.8 Å². The average Bonchev–Trinajstić information content (AvgIpc) is 3.05. The predicted molar refractivity (Wildman–Crippen MR) is 102 cm³/mol. The molecule has 1 aliphatic rings. The van der Waals surface area contributed by atoms with Crippen LogP contribution in [0.25, 0.3) is 10.9 Å². The topological polar surface area (TPSA) is 71.2 Å². The predicted octanol–water partition coefficient (Wildman–Crippen LogP) is 3.73. The third-order valence-corrected chi connectivity index (χ3v) is 5.32. The zero-order valence-corrected chi connectivity index (χ0v) is 15.4. The van der Waals surface area contributed by atoms with Gasteiger partial charge in [0.2, 0.25) is 0 Å². The molecule has 0 saturated heterocycles. The summed E-state index contributed by atoms with van der Waals surface area (Å²) in [4.78, 5) is 27.1. The van der Waals surface area contributed by atoms with Crippen molar-refractivity contribution in [3.8, 4) is 0 Å². The molecule has 1 aromatic carbocycles. The van der Waals surface area contributed by atoms with E-state index in [9.17, 15) is 9.59 Å². The number of hydrogen-bond acceptors (Lipinski definition) is 3. The maximum atomic E-state index is 12.0. The summed E-state index contributed by atoms with van der Waals surface area (Å²) in [5.74, 6) is 0.00462. The summed E-state index contributed by atoms with van der Waals surface area (Å²) in [5.41, 5.74) is 2.32. The molecule has 0 unspecified atom stereocenters. The highest BCUT2D eigenvalue weighted by Gasteiger charge is 2.23. The fourth-order valence-corrected chi connectivity index (χ4v) is 3.76. The third kappa shape index (κ3) is 4.87. The molecule has 140 valence electrons. The molecular formula is C21H28N2O3. The Labute approximate surface area is 154 Å². The van der Waals surface area contributed by atoms with Gasteiger partial charge in [-0.3, -0.25) is 9.59 Å². The molecule has 1 saturated carbocycles. The summed E-state index contributed by atoms with van der Waals surface area (Å²) >= 11 is 0. The second-order valence-electron chi connectivity index (χ2n) is 7.31. The van der Waals surface area contributed by atoms with Gasteiger partial charge in [0.1, 0.15) is 0 Å². The molecule has 26 heavy (non-hydrogen) atoms. The van der Waals surface area contributed by atoms with E-state index in [0.29, 0.717) is 18.8 Å². The zero-order chi connectivity index (χ0) is 18.4. The van der Waals surface area contributed by atoms with Crippen LogP contribution in [0.15, 0.2) is 30.5 Å². The molecule has 3 rings (SSSR count). The number of hydrogen-bond donors (Lipinski definition) is 2. The molecule has 0 aliphatic heterocycles. The van der Waals surface area contributed by atoms with Crippen molar-refractivity contribution < 1.29 is 14.3 Å². The summed E-state index contributed by atoms with van der Waals surface area (Å²) in [7, 11) is 0. The van der Waals surface area contributed by atoms with Gasteiger partial charge in [0.15, 0.2) is 6.61 Å². The van der Waals surface area contributed by atoms with Gasteiger partial charge < -0.3 is 15.0 Å². The maximum Gasteiger partial charge on any atom is 0.306 e. The number of amides is 1. The molecule has 5 nitrogen and oxygen atoms in total. The van der Waals surface area contributed by atoms with E-state index in [1.54, 1.807) is 0 Å². The highest BCUT2D eigenvalue weighted by molar-refractivity contribution is 5.83. The number of nitrogens with one attached hydrogen (secondary N) is 2. The average molecular weight is 356 g/mol. The normalized spacial score (nSPS) is 20.0. The molecule has 1 aliphatic carbocycles. The fourth-order valence-electron chi connectivity index (χ4n) is 3.76. The number of esters is 1. The van der Waals surface area contributed by atoms with Crippen molar-refractivity contribution in [2.75, 3.05) is 6.61 Å². The Morgan fingerprint density at radius 2 is 2.04 bits per heavy atom. The number of benzene rings is 1. The van der Waals surface area contributed by atoms with Crippen LogP contribution in [0, 0.1) is 5.92 Å². The van der Waals surface area contributed by atoms with E-state index in [1.807, 2.05) is 24.4 Å². The second kappa shape index (κ2) is 8.88. The van der Waals surface area contributed by atoms with Crippen molar-refractivity contribution in [3.05, 3.63) is 36.0 Å². The fraction of sp³-hybridized carbons (Fsp3) is 0.524. The maximum absolute atomic E-state index is 12.0. The number of para-hydroxylation sites is 1. The van der Waals surface area contributed by atoms with Gasteiger partial charge in [-0.15, -0.1) is 0 Å². The van der Waals surface area contributed by atoms with Crippen LogP contribution < -0.4 is 5.32 Å². The van der Waals surface area contributed by atoms with E-state index >= 15 is 0 Å². The number of H-pyrrole nitrogens is 1. The Bertz CT molecular complexity index is 753. The van der Waals surface area contributed by atoms with Crippen molar-refractivity contribution in [2.45, 2.75) is 57.9 Å². The van der Waals surface area contributed by atoms with Crippen LogP contribution in [0.5, 0.6) is 0 Å². The zero-order valence-electron chi connectivity index (χ0n) is 15.4. The second-order valence-corrected chi connectivity index (χ2v) is 7.31. The SMILES string of the molecule is C[C@@H]1CCCC[C@H]1NC(=O)COC(=O)CCCc1c[nH]c2ccccc12. The highest BCUT2D eigenvalue weighted by Crippen LogP contribution is 2.23. The molecule has 0 spiro atoms. The minimum absolute atomic E-state index is 0.171. The number of aryl methyl sites for hydroxylation is 1. The number of aromatic amines is 1. The van der Waals surface area contributed by atoms with Gasteiger partial charge >= 0.3 is 5.97 Å². The van der Waals surface area contributed by atoms with Crippen molar-refractivity contribution in [1.82, 2.24) is 10.3 Å². The Hall–Kier alpha value is -2.30. The molecular weight excluding hydrogens is 328 g/mol. The Morgan fingerprint density at radius 1 is 1.23 bits per heavy atom. The number of rotatable bonds is 7. The minimum atomic E-state index is -0.309. The first kappa shape index (κ1) is 18.5. The van der Waals surface area contributed by atoms with E-state index in [-0.39, 0.29) is 24.5 Å². The first-order valence-corrected chi connectivity index (χ1v) is 9.63. The lowest BCUT2D eigenvalue weighted by Crippen LogP contribution is -2.42. The van der Waals surface area contributed by atoms with Crippen LogP contribution in [0.2, 0.25) is 0 Å². The van der Waals surface area contributed by atoms with E-state index < -0.39 is 0 Å². The van der Waals surface area contributed by atoms with Gasteiger partial charge in [0, 0.05) is 29.6 Å². The van der Waals surface area contributed by atoms with Gasteiger partial charge in [-0.2, -0.15) is 0 Å². The van der Waals surface area contributed by atoms with Gasteiger partial charge in [-0.05, 0) is 43.2 Å². The monoisotopic (exact) mass is 356 g/mol. The van der Waals surface area contributed by atoms with Crippen LogP contribution in [0.1, 0.15) is 51.0 Å². The van der Waals surface area contributed by atoms with Crippen LogP contribution in [-0.2, 0) is 20.7 Å². The van der Waals surface area contributed by atoms with Crippen LogP contribution in [0.4, 0.5) is 0 Å². The number of ether oxygens (including phenoxy) is 1. The number of carbonyl (C=O) groups excluding carboxylic acids is 2. The minimum Gasteiger partial charge on any atom is -0.456 e. The van der Waals surface area contributed by atoms with Crippen molar-refractivity contribution in [1.29, 1.82) is 0 Å². The summed E-state index contributed by atoms with van der Waals surface area (Å²) < 4.78 is 5.13. The number of aromatic nitrogens is 1. The van der Waals surface area contributed by atoms with Crippen molar-refractivity contribution in [3.63, 3.8) is 0 Å². The van der Waals surface area contributed by atoms with E-state index in [0.717, 1.165) is 31.2 Å². The van der Waals surface area contributed by atoms with Gasteiger partial charge in [0.25, 0.3) is 5.91 Å². The standard InChI is InChI=1S/C21H28N2O3/c1-15-7-2-4-10-18(15)23-20(24)14-26-21(25)12-6-8-16-13-22-19-11-5-3-9-17(16)19/h3,5,9,11,13,15,18,22H,2,4,6-8,10,12,14H2,1H3,(H,23,24)/t15-,18-/m1/s1. The molecule has 1 fully saturated rings. The Balaban J connectivity index is 1.35. The van der Waals surface area contributed by atoms with Gasteiger partial charge in [-0.25, -0.2) is 0 Å². The first-order chi connectivity index (χ1) is 12.6. The molecule has 0 bridgehead atoms. The Kier molecular flexibility index (Phi) is 6.31. The van der Waals surface area contributed by atoms with E-state index in [4.69, 9.17) is 4.74 Å². The summed E-state index contributed by atoms with van der Waals surface area (Å²) in [6, 6.07) is 8.35. The molecule has 1 amide bonds. The summed E-state index contributed by atoms with van der Waals surface area (Å²) in [5, 5.41) is 4.20. The number of fused-ring (bicyclic) bond motifs is 1. The van der Waals surface area contributed by atoms with Gasteiger partial charge in [-0.1, -0.05) is 38.0 Å². The van der Waals surface area contributed by atoms with Gasteiger partial charge in [0.05, 0.1) is 0 Å². The molecule has 5 heteroatoms. The van der Waals surface area contributed by atoms with E-state index in [1.165, 1.54) is 17.4 Å². The van der Waals surface area contributed by atoms with Crippen LogP contribution >= 0.6 is 0 Å². The first-order valence-electron chi connectivity index (χ1n) is 9.63. The number of carbonyl (C=O) groups is 2. The smallest absolute Gasteiger partial charge is 0.306 e. The molecule has 0 radical (unpaired) electrons. The summed E-state index contributed by atoms with van der Waals surface area (Å²) in [6.45, 7) is 2.00. The largest absolute Gasteiger partial charge is 0.456 e. The van der Waals surface area contributed by atoms with Crippen LogP contribution in [-0.4, -0.2) is 29.5 Å². The molecule has 1 aromatic heterocycles. The lowest BCUT2D eigenvalue weighted by atomic mass is 9.86.